The first kappa shape index (κ1) is 82.5. The van der Waals surface area contributed by atoms with Gasteiger partial charge in [0.05, 0.1) is 13.2 Å². The molecule has 358 valence electrons. The standard InChI is InChI=1S/C33H29FN2O2.B56/c1-37-30-19-26-23(17-31(30)38-20-21-7-3-2-4-8-21)15-16-36-29(26)18-27-25-9-5-6-10-28(25)35-32(27)33(36)22-11-13-24(34)14-12-22;1-30(2)44(29)51(43(27)28)55(52(45(31(3)4)32(5)6)46(33(7)8)34(9)10)56(53(47(35(11)12)36(13)14)48(37(15)16)38(17)18)54(49(39(19)20)40(21)22)50(41(23)24)42(25)26/h2-14,17,19,29,33,35H,15-16,18,20H2,1H3;. The van der Waals surface area contributed by atoms with Crippen LogP contribution in [0.3, 0.4) is 0 Å². The van der Waals surface area contributed by atoms with Crippen molar-refractivity contribution in [3.05, 3.63) is 130 Å². The van der Waals surface area contributed by atoms with E-state index in [1.807, 2.05) is 30.3 Å². The number of aromatic nitrogens is 1. The second-order valence-corrected chi connectivity index (χ2v) is 25.8. The molecule has 4 aromatic carbocycles. The number of hydrogen-bond donors (Lipinski definition) is 1. The van der Waals surface area contributed by atoms with Gasteiger partial charge in [-0.05, 0) is 71.0 Å². The van der Waals surface area contributed by atoms with Crippen LogP contribution in [-0.2, 0) is 19.4 Å². The Kier molecular flexibility index (Phi) is 32.6. The smallest absolute Gasteiger partial charge is 0.161 e. The number of H-pyrrole nitrogens is 1. The topological polar surface area (TPSA) is 37.5 Å². The fraction of sp³-hybridized carbons (Fsp3) is 0.212. The van der Waals surface area contributed by atoms with Gasteiger partial charge in [0.15, 0.2) is 11.5 Å². The number of benzene rings is 4. The van der Waals surface area contributed by atoms with Crippen LogP contribution in [0.4, 0.5) is 4.39 Å². The van der Waals surface area contributed by atoms with Gasteiger partial charge in [0.25, 0.3) is 0 Å². The van der Waals surface area contributed by atoms with Crippen molar-refractivity contribution in [1.82, 2.24) is 9.88 Å². The lowest BCUT2D eigenvalue weighted by atomic mass is 8.23. The number of para-hydroxylation sites is 1. The van der Waals surface area contributed by atoms with Gasteiger partial charge in [0.2, 0.25) is 0 Å². The minimum atomic E-state index is -1.48. The molecule has 0 spiro atoms. The summed E-state index contributed by atoms with van der Waals surface area (Å²) in [7, 11) is 191. The zero-order chi connectivity index (χ0) is 70.2. The van der Waals surface area contributed by atoms with Gasteiger partial charge < -0.3 is 14.5 Å². The van der Waals surface area contributed by atoms with E-state index in [2.05, 4.69) is 58.4 Å². The lowest BCUT2D eigenvalue weighted by Crippen LogP contribution is -2.96. The quantitative estimate of drug-likeness (QED) is 0.0450. The van der Waals surface area contributed by atoms with Crippen molar-refractivity contribution < 1.29 is 13.9 Å². The number of methoxy groups -OCH3 is 1. The van der Waals surface area contributed by atoms with Crippen LogP contribution < -0.4 is 9.47 Å². The summed E-state index contributed by atoms with van der Waals surface area (Å²) in [6, 6.07) is 30.2. The number of rotatable bonds is 31. The summed E-state index contributed by atoms with van der Waals surface area (Å²) in [5, 5.41) is 1.26. The molecule has 0 saturated heterocycles. The van der Waals surface area contributed by atoms with Gasteiger partial charge in [-0.2, -0.15) is 0 Å². The number of nitrogens with one attached hydrogen (secondary N) is 1. The first-order valence-electron chi connectivity index (χ1n) is 31.5. The molecule has 61 heteroatoms. The molecule has 7 rings (SSSR count). The van der Waals surface area contributed by atoms with E-state index in [0.717, 1.165) is 47.5 Å². The van der Waals surface area contributed by atoms with Crippen molar-refractivity contribution in [1.29, 1.82) is 0 Å². The molecule has 0 saturated carbocycles. The molecule has 1 N–H and O–H groups in total. The second-order valence-electron chi connectivity index (χ2n) is 25.8. The molecule has 0 fully saturated rings. The largest absolute Gasteiger partial charge is 0.493 e. The molecule has 2 unspecified atom stereocenters. The fourth-order valence-corrected chi connectivity index (χ4v) is 15.8. The van der Waals surface area contributed by atoms with E-state index in [1.165, 1.54) is 27.8 Å². The van der Waals surface area contributed by atoms with E-state index in [9.17, 15) is 4.39 Å². The van der Waals surface area contributed by atoms with E-state index in [4.69, 9.17) is 234 Å². The van der Waals surface area contributed by atoms with Gasteiger partial charge in [0.1, 0.15) is 12.4 Å². The summed E-state index contributed by atoms with van der Waals surface area (Å²) in [6.45, 7) is 1.40. The zero-order valence-electron chi connectivity index (χ0n) is 53.6. The minimum absolute atomic E-state index is 0.0184. The Morgan fingerprint density at radius 2 is 0.819 bits per heavy atom. The maximum absolute atomic E-state index is 13.9. The molecule has 58 radical (unpaired) electrons. The molecule has 2 aliphatic rings. The van der Waals surface area contributed by atoms with Crippen LogP contribution in [0.2, 0.25) is 0 Å². The average Bonchev–Trinajstić information content (AvgIpc) is 1.15. The first-order valence-corrected chi connectivity index (χ1v) is 31.5. The number of fused-ring (bicyclic) bond motifs is 6. The minimum Gasteiger partial charge on any atom is -0.493 e. The third kappa shape index (κ3) is 19.4. The number of halogens is 1. The number of aromatic amines is 1. The highest BCUT2D eigenvalue weighted by molar-refractivity contribution is 8.37. The Balaban J connectivity index is 0.000000316. The van der Waals surface area contributed by atoms with E-state index in [1.54, 1.807) is 19.2 Å². The molecule has 0 amide bonds. The molecule has 5 aromatic rings. The maximum Gasteiger partial charge on any atom is 0.161 e. The highest BCUT2D eigenvalue weighted by Gasteiger charge is 2.62. The van der Waals surface area contributed by atoms with Gasteiger partial charge in [-0.15, -0.1) is 0 Å². The molecule has 1 aromatic heterocycles. The predicted octanol–water partition coefficient (Wildman–Crippen LogP) is -14.2. The Morgan fingerprint density at radius 3 is 1.21 bits per heavy atom. The van der Waals surface area contributed by atoms with Crippen molar-refractivity contribution >= 4 is 408 Å². The maximum atomic E-state index is 13.9. The summed E-state index contributed by atoms with van der Waals surface area (Å²) in [5.74, 6) is 1.32. The summed E-state index contributed by atoms with van der Waals surface area (Å²) >= 11 is 0. The van der Waals surface area contributed by atoms with Crippen molar-refractivity contribution in [2.24, 2.45) is 0 Å². The van der Waals surface area contributed by atoms with Crippen LogP contribution in [0, 0.1) is 5.82 Å². The lowest BCUT2D eigenvalue weighted by Gasteiger charge is -2.58. The molecular weight excluding hydrogens is 1080 g/mol. The van der Waals surface area contributed by atoms with Gasteiger partial charge >= 0.3 is 0 Å². The summed E-state index contributed by atoms with van der Waals surface area (Å²) in [6.07, 6.45) is -35.3. The summed E-state index contributed by atoms with van der Waals surface area (Å²) < 4.78 is 26.0. The normalized spacial score (nSPS) is 13.3. The van der Waals surface area contributed by atoms with Crippen LogP contribution in [0.15, 0.2) is 91.0 Å². The van der Waals surface area contributed by atoms with Crippen molar-refractivity contribution in [2.75, 3.05) is 13.7 Å². The summed E-state index contributed by atoms with van der Waals surface area (Å²) in [4.78, 5) is 6.29. The molecule has 2 atom stereocenters. The average molecular weight is 1110 g/mol. The number of ether oxygens (including phenoxy) is 2. The fourth-order valence-electron chi connectivity index (χ4n) is 15.8. The molecule has 0 aliphatic carbocycles. The van der Waals surface area contributed by atoms with Gasteiger partial charge in [-0.25, -0.2) is 4.39 Å². The molecule has 3 heterocycles. The van der Waals surface area contributed by atoms with E-state index >= 15 is 0 Å². The molecule has 2 aliphatic heterocycles. The molecule has 4 nitrogen and oxygen atoms in total. The zero-order valence-corrected chi connectivity index (χ0v) is 53.6. The van der Waals surface area contributed by atoms with E-state index in [-0.39, 0.29) is 17.9 Å². The first-order chi connectivity index (χ1) is 44.1. The monoisotopic (exact) mass is 1120 g/mol. The third-order valence-electron chi connectivity index (χ3n) is 19.7. The lowest BCUT2D eigenvalue weighted by molar-refractivity contribution is 0.127. The van der Waals surface area contributed by atoms with Crippen LogP contribution >= 0.6 is 0 Å². The van der Waals surface area contributed by atoms with Gasteiger partial charge in [-0.3, -0.25) is 4.90 Å². The van der Waals surface area contributed by atoms with E-state index < -0.39 is 172 Å². The molecule has 94 heavy (non-hydrogen) atoms. The molecular formula is C33H29B56FN2O2. The van der Waals surface area contributed by atoms with Crippen LogP contribution in [0.5, 0.6) is 11.5 Å². The van der Waals surface area contributed by atoms with Crippen LogP contribution in [-0.4, -0.2) is 420 Å². The van der Waals surface area contributed by atoms with Crippen LogP contribution in [0.25, 0.3) is 10.9 Å². The Hall–Kier alpha value is -0.454. The predicted molar refractivity (Wildman–Crippen MR) is 469 cm³/mol. The second kappa shape index (κ2) is 37.1. The highest BCUT2D eigenvalue weighted by atomic mass is 19.1. The third-order valence-corrected chi connectivity index (χ3v) is 19.7. The van der Waals surface area contributed by atoms with Gasteiger partial charge in [-0.1, -0.05) is 60.7 Å². The Bertz CT molecular complexity index is 2940. The Labute approximate surface area is 613 Å². The highest BCUT2D eigenvalue weighted by Crippen LogP contribution is 2.50. The Morgan fingerprint density at radius 1 is 0.436 bits per heavy atom. The number of nitrogens with zero attached hydrogens (tertiary/aromatic N) is 1. The van der Waals surface area contributed by atoms with Crippen molar-refractivity contribution in [3.8, 4) is 11.5 Å². The van der Waals surface area contributed by atoms with Crippen LogP contribution in [0.1, 0.15) is 45.6 Å². The van der Waals surface area contributed by atoms with Crippen molar-refractivity contribution in [3.63, 3.8) is 0 Å². The van der Waals surface area contributed by atoms with Gasteiger partial charge in [0, 0.05) is 426 Å². The summed E-state index contributed by atoms with van der Waals surface area (Å²) in [5.41, 5.74) is 8.51. The SMILES string of the molecule is COc1cc2c(cc1OCc1ccccc1)CCN1C2Cc2c([nH]c3ccccc23)C1c1ccc(F)cc1.[B]B([B])B([B])B(B([B])[B])B(B(B(B([B])[B])B([B])[B])B(B([B])[B])B([B])[B])B(B(B(B([B])[B])B([B])[B])B(B([B])[B])B([B])[B])B(B(B([B])[B])B([B])[B])B(B([B])[B])B([B])[B]. The van der Waals surface area contributed by atoms with Crippen molar-refractivity contribution in [2.45, 2.75) is 31.5 Å². The van der Waals surface area contributed by atoms with E-state index in [0.29, 0.717) is 6.61 Å². The molecule has 0 bridgehead atoms. The number of hydrogen-bond acceptors (Lipinski definition) is 3.